The number of fused-ring (bicyclic) bond motifs is 1. The van der Waals surface area contributed by atoms with E-state index in [0.717, 1.165) is 22.0 Å². The van der Waals surface area contributed by atoms with E-state index < -0.39 is 15.9 Å². The van der Waals surface area contributed by atoms with E-state index in [-0.39, 0.29) is 22.8 Å². The molecule has 6 rings (SSSR count). The van der Waals surface area contributed by atoms with Gasteiger partial charge in [-0.1, -0.05) is 57.0 Å². The summed E-state index contributed by atoms with van der Waals surface area (Å²) in [6.07, 6.45) is 3.54. The van der Waals surface area contributed by atoms with Gasteiger partial charge in [0, 0.05) is 72.8 Å². The molecule has 1 fully saturated rings. The number of rotatable bonds is 14. The number of pyridine rings is 1. The van der Waals surface area contributed by atoms with Gasteiger partial charge in [-0.15, -0.1) is 0 Å². The van der Waals surface area contributed by atoms with Gasteiger partial charge in [0.2, 0.25) is 0 Å². The molecule has 1 aliphatic heterocycles. The first-order chi connectivity index (χ1) is 27.7. The van der Waals surface area contributed by atoms with Gasteiger partial charge in [0.05, 0.1) is 42.8 Å². The molecule has 0 aliphatic carbocycles. The first-order valence-electron chi connectivity index (χ1n) is 18.7. The molecule has 14 nitrogen and oxygen atoms in total. The number of aromatic nitrogens is 1. The lowest BCUT2D eigenvalue weighted by atomic mass is 9.86. The maximum Gasteiger partial charge on any atom is 0.323 e. The Balaban J connectivity index is 1.14. The lowest BCUT2D eigenvalue weighted by Gasteiger charge is -2.26. The summed E-state index contributed by atoms with van der Waals surface area (Å²) < 4.78 is 44.3. The molecule has 58 heavy (non-hydrogen) atoms. The molecular weight excluding hydrogens is 779 g/mol. The van der Waals surface area contributed by atoms with Crippen molar-refractivity contribution in [1.82, 2.24) is 15.2 Å². The number of benzene rings is 4. The predicted octanol–water partition coefficient (Wildman–Crippen LogP) is 7.88. The van der Waals surface area contributed by atoms with Gasteiger partial charge in [-0.3, -0.25) is 9.69 Å². The SMILES string of the molecule is COc1cc(Nc2cc(Oc3ccc(NC(=O)Nc4cc(C(C)(C)C)cc(NSC)c4OC)c4ccccc34)ccn2)cc(C(=O)NCCN2CCS(=O)(=O)CC2)c1. The van der Waals surface area contributed by atoms with Gasteiger partial charge in [-0.05, 0) is 53.4 Å². The molecule has 0 radical (unpaired) electrons. The molecule has 0 bridgehead atoms. The van der Waals surface area contributed by atoms with Crippen molar-refractivity contribution in [1.29, 1.82) is 0 Å². The van der Waals surface area contributed by atoms with E-state index in [2.05, 4.69) is 51.7 Å². The molecule has 16 heteroatoms. The molecule has 1 aliphatic rings. The third kappa shape index (κ3) is 10.6. The van der Waals surface area contributed by atoms with Crippen LogP contribution in [0.4, 0.5) is 33.4 Å². The highest BCUT2D eigenvalue weighted by Gasteiger charge is 2.23. The van der Waals surface area contributed by atoms with E-state index >= 15 is 0 Å². The van der Waals surface area contributed by atoms with E-state index in [1.54, 1.807) is 55.8 Å². The molecule has 4 aromatic carbocycles. The zero-order valence-corrected chi connectivity index (χ0v) is 35.0. The standard InChI is InChI=1S/C42H49N7O7S2/c1-42(2,3)28-23-35(39(55-5)36(24-28)48-57-6)47-41(51)46-34-11-12-37(33-10-8-7-9-32(33)34)56-30-13-14-43-38(26-30)45-29-21-27(22-31(25-29)54-4)40(50)44-15-16-49-17-19-58(52,53)20-18-49/h7-14,21-26,48H,15-20H2,1-6H3,(H,43,45)(H,44,50)(H2,46,47,51). The fourth-order valence-corrected chi connectivity index (χ4v) is 8.10. The van der Waals surface area contributed by atoms with E-state index in [0.29, 0.717) is 77.6 Å². The van der Waals surface area contributed by atoms with Gasteiger partial charge in [-0.2, -0.15) is 0 Å². The zero-order valence-electron chi connectivity index (χ0n) is 33.4. The van der Waals surface area contributed by atoms with Crippen LogP contribution in [0.5, 0.6) is 23.0 Å². The number of carbonyl (C=O) groups excluding carboxylic acids is 2. The van der Waals surface area contributed by atoms with Crippen molar-refractivity contribution in [2.45, 2.75) is 26.2 Å². The van der Waals surface area contributed by atoms with Crippen molar-refractivity contribution in [3.8, 4) is 23.0 Å². The highest BCUT2D eigenvalue weighted by atomic mass is 32.2. The first kappa shape index (κ1) is 41.9. The highest BCUT2D eigenvalue weighted by molar-refractivity contribution is 7.99. The van der Waals surface area contributed by atoms with Gasteiger partial charge in [0.15, 0.2) is 15.6 Å². The maximum atomic E-state index is 13.5. The van der Waals surface area contributed by atoms with Crippen LogP contribution in [0, 0.1) is 0 Å². The second-order valence-electron chi connectivity index (χ2n) is 14.7. The van der Waals surface area contributed by atoms with Crippen LogP contribution in [0.25, 0.3) is 10.8 Å². The molecule has 0 unspecified atom stereocenters. The normalized spacial score (nSPS) is 14.0. The largest absolute Gasteiger partial charge is 0.497 e. The molecule has 3 amide bonds. The van der Waals surface area contributed by atoms with Crippen molar-refractivity contribution in [3.05, 3.63) is 96.2 Å². The summed E-state index contributed by atoms with van der Waals surface area (Å²) in [5, 5.41) is 13.7. The Bertz CT molecular complexity index is 2390. The van der Waals surface area contributed by atoms with Crippen molar-refractivity contribution in [3.63, 3.8) is 0 Å². The smallest absolute Gasteiger partial charge is 0.323 e. The minimum absolute atomic E-state index is 0.134. The Kier molecular flexibility index (Phi) is 13.2. The molecule has 306 valence electrons. The van der Waals surface area contributed by atoms with E-state index in [4.69, 9.17) is 14.2 Å². The molecule has 5 N–H and O–H groups in total. The number of hydrogen-bond acceptors (Lipinski definition) is 12. The van der Waals surface area contributed by atoms with Gasteiger partial charge in [-0.25, -0.2) is 18.2 Å². The van der Waals surface area contributed by atoms with Crippen molar-refractivity contribution in [2.75, 3.05) is 78.8 Å². The molecule has 0 atom stereocenters. The Morgan fingerprint density at radius 2 is 1.57 bits per heavy atom. The van der Waals surface area contributed by atoms with Crippen molar-refractivity contribution >= 4 is 73.1 Å². The number of hydrogen-bond donors (Lipinski definition) is 5. The number of ether oxygens (including phenoxy) is 3. The Hall–Kier alpha value is -5.71. The summed E-state index contributed by atoms with van der Waals surface area (Å²) in [5.74, 6) is 2.53. The number of urea groups is 1. The number of methoxy groups -OCH3 is 2. The summed E-state index contributed by atoms with van der Waals surface area (Å²) in [6, 6.07) is 23.3. The third-order valence-corrected chi connectivity index (χ3v) is 11.6. The van der Waals surface area contributed by atoms with E-state index in [1.807, 2.05) is 47.6 Å². The molecule has 2 heterocycles. The second kappa shape index (κ2) is 18.3. The lowest BCUT2D eigenvalue weighted by Crippen LogP contribution is -2.43. The number of nitrogens with one attached hydrogen (secondary N) is 5. The number of anilines is 5. The molecular formula is C42H49N7O7S2. The van der Waals surface area contributed by atoms with Gasteiger partial charge < -0.3 is 40.2 Å². The monoisotopic (exact) mass is 827 g/mol. The van der Waals surface area contributed by atoms with Crippen LogP contribution >= 0.6 is 11.9 Å². The average Bonchev–Trinajstić information content (AvgIpc) is 3.19. The predicted molar refractivity (Wildman–Crippen MR) is 233 cm³/mol. The van der Waals surface area contributed by atoms with E-state index in [9.17, 15) is 18.0 Å². The summed E-state index contributed by atoms with van der Waals surface area (Å²) in [6.45, 7) is 8.17. The highest BCUT2D eigenvalue weighted by Crippen LogP contribution is 2.40. The fraction of sp³-hybridized carbons (Fsp3) is 0.310. The molecule has 1 aromatic heterocycles. The number of amides is 3. The average molecular weight is 828 g/mol. The Labute approximate surface area is 343 Å². The molecule has 0 spiro atoms. The Morgan fingerprint density at radius 1 is 0.845 bits per heavy atom. The summed E-state index contributed by atoms with van der Waals surface area (Å²) in [7, 11) is 0.130. The lowest BCUT2D eigenvalue weighted by molar-refractivity contribution is 0.0948. The van der Waals surface area contributed by atoms with Gasteiger partial charge in [0.25, 0.3) is 5.91 Å². The third-order valence-electron chi connectivity index (χ3n) is 9.54. The summed E-state index contributed by atoms with van der Waals surface area (Å²) in [5.41, 5.74) is 3.71. The van der Waals surface area contributed by atoms with Gasteiger partial charge in [0.1, 0.15) is 23.1 Å². The molecule has 5 aromatic rings. The van der Waals surface area contributed by atoms with E-state index in [1.165, 1.54) is 19.1 Å². The van der Waals surface area contributed by atoms with Crippen LogP contribution in [0.1, 0.15) is 36.7 Å². The summed E-state index contributed by atoms with van der Waals surface area (Å²) in [4.78, 5) is 33.1. The molecule has 1 saturated heterocycles. The van der Waals surface area contributed by atoms with Crippen LogP contribution < -0.4 is 40.2 Å². The minimum Gasteiger partial charge on any atom is -0.497 e. The number of sulfone groups is 1. The van der Waals surface area contributed by atoms with Crippen LogP contribution in [0.2, 0.25) is 0 Å². The topological polar surface area (TPSA) is 172 Å². The number of carbonyl (C=O) groups is 2. The van der Waals surface area contributed by atoms with Crippen LogP contribution in [-0.4, -0.2) is 88.4 Å². The second-order valence-corrected chi connectivity index (χ2v) is 17.6. The number of nitrogens with zero attached hydrogens (tertiary/aromatic N) is 2. The Morgan fingerprint density at radius 3 is 2.28 bits per heavy atom. The van der Waals surface area contributed by atoms with Crippen LogP contribution in [0.3, 0.4) is 0 Å². The quantitative estimate of drug-likeness (QED) is 0.0687. The van der Waals surface area contributed by atoms with Crippen LogP contribution in [0.15, 0.2) is 85.1 Å². The van der Waals surface area contributed by atoms with Crippen molar-refractivity contribution in [2.24, 2.45) is 0 Å². The van der Waals surface area contributed by atoms with Gasteiger partial charge >= 0.3 is 6.03 Å². The summed E-state index contributed by atoms with van der Waals surface area (Å²) >= 11 is 1.44. The molecule has 0 saturated carbocycles. The fourth-order valence-electron chi connectivity index (χ4n) is 6.45. The maximum absolute atomic E-state index is 13.5. The van der Waals surface area contributed by atoms with Crippen molar-refractivity contribution < 1.29 is 32.2 Å². The minimum atomic E-state index is -2.97. The van der Waals surface area contributed by atoms with Crippen LogP contribution in [-0.2, 0) is 15.3 Å². The zero-order chi connectivity index (χ0) is 41.5. The first-order valence-corrected chi connectivity index (χ1v) is 21.7.